The molecule has 2 aromatic rings. The van der Waals surface area contributed by atoms with Crippen LogP contribution in [-0.2, 0) is 11.3 Å². The highest BCUT2D eigenvalue weighted by atomic mass is 16.5. The Morgan fingerprint density at radius 2 is 1.93 bits per heavy atom. The van der Waals surface area contributed by atoms with Gasteiger partial charge in [-0.2, -0.15) is 0 Å². The third kappa shape index (κ3) is 4.23. The average Bonchev–Trinajstić information content (AvgIpc) is 2.75. The van der Waals surface area contributed by atoms with Crippen LogP contribution in [0.5, 0.6) is 0 Å². The molecule has 1 atom stereocenters. The molecule has 28 heavy (non-hydrogen) atoms. The fraction of sp³-hybridized carbons (Fsp3) is 0.500. The maximum absolute atomic E-state index is 12.8. The van der Waals surface area contributed by atoms with Crippen molar-refractivity contribution in [2.45, 2.75) is 38.8 Å². The molecule has 0 bridgehead atoms. The Morgan fingerprint density at radius 1 is 1.14 bits per heavy atom. The molecule has 6 heteroatoms. The van der Waals surface area contributed by atoms with E-state index >= 15 is 0 Å². The first-order valence-corrected chi connectivity index (χ1v) is 10.2. The van der Waals surface area contributed by atoms with Crippen LogP contribution in [0.4, 0.5) is 0 Å². The zero-order chi connectivity index (χ0) is 19.3. The molecule has 1 amide bonds. The van der Waals surface area contributed by atoms with E-state index in [0.29, 0.717) is 31.9 Å². The van der Waals surface area contributed by atoms with Crippen molar-refractivity contribution in [2.24, 2.45) is 0 Å². The van der Waals surface area contributed by atoms with Gasteiger partial charge in [0, 0.05) is 25.8 Å². The first kappa shape index (κ1) is 19.0. The molecule has 0 saturated carbocycles. The van der Waals surface area contributed by atoms with Crippen molar-refractivity contribution >= 4 is 5.91 Å². The van der Waals surface area contributed by atoms with Gasteiger partial charge in [0.25, 0.3) is 5.91 Å². The molecule has 0 unspecified atom stereocenters. The van der Waals surface area contributed by atoms with E-state index in [2.05, 4.69) is 34.1 Å². The summed E-state index contributed by atoms with van der Waals surface area (Å²) in [5, 5.41) is 0. The SMILES string of the molecule is Cc1nc([C@H]2CCCCN2Cc2ccccc2)ncc1C(=O)N1CCOCC1. The lowest BCUT2D eigenvalue weighted by Gasteiger charge is -2.35. The number of piperidine rings is 1. The monoisotopic (exact) mass is 380 g/mol. The lowest BCUT2D eigenvalue weighted by atomic mass is 10.00. The molecule has 2 saturated heterocycles. The van der Waals surface area contributed by atoms with Crippen molar-refractivity contribution in [3.05, 3.63) is 59.2 Å². The summed E-state index contributed by atoms with van der Waals surface area (Å²) in [5.41, 5.74) is 2.69. The molecule has 2 fully saturated rings. The summed E-state index contributed by atoms with van der Waals surface area (Å²) in [5.74, 6) is 0.851. The molecule has 2 aliphatic rings. The van der Waals surface area contributed by atoms with Gasteiger partial charge < -0.3 is 9.64 Å². The standard InChI is InChI=1S/C22H28N4O2/c1-17-19(22(27)25-11-13-28-14-12-25)15-23-21(24-17)20-9-5-6-10-26(20)16-18-7-3-2-4-8-18/h2-4,7-8,15,20H,5-6,9-14,16H2,1H3/t20-/m1/s1. The Kier molecular flexibility index (Phi) is 5.98. The minimum absolute atomic E-state index is 0.0112. The predicted octanol–water partition coefficient (Wildman–Crippen LogP) is 2.98. The van der Waals surface area contributed by atoms with Crippen molar-refractivity contribution < 1.29 is 9.53 Å². The topological polar surface area (TPSA) is 58.6 Å². The quantitative estimate of drug-likeness (QED) is 0.816. The van der Waals surface area contributed by atoms with Crippen LogP contribution < -0.4 is 0 Å². The summed E-state index contributed by atoms with van der Waals surface area (Å²) in [6, 6.07) is 10.8. The summed E-state index contributed by atoms with van der Waals surface area (Å²) in [6.45, 7) is 6.34. The van der Waals surface area contributed by atoms with E-state index in [1.807, 2.05) is 17.9 Å². The van der Waals surface area contributed by atoms with Gasteiger partial charge in [-0.25, -0.2) is 9.97 Å². The number of ether oxygens (including phenoxy) is 1. The van der Waals surface area contributed by atoms with Crippen LogP contribution in [0.15, 0.2) is 36.5 Å². The summed E-state index contributed by atoms with van der Waals surface area (Å²) in [4.78, 5) is 26.5. The second-order valence-electron chi connectivity index (χ2n) is 7.60. The number of rotatable bonds is 4. The summed E-state index contributed by atoms with van der Waals surface area (Å²) in [6.07, 6.45) is 5.18. The summed E-state index contributed by atoms with van der Waals surface area (Å²) >= 11 is 0. The fourth-order valence-electron chi connectivity index (χ4n) is 4.08. The Bertz CT molecular complexity index is 805. The van der Waals surface area contributed by atoms with Crippen LogP contribution in [0.3, 0.4) is 0 Å². The zero-order valence-electron chi connectivity index (χ0n) is 16.5. The zero-order valence-corrected chi connectivity index (χ0v) is 16.5. The summed E-state index contributed by atoms with van der Waals surface area (Å²) in [7, 11) is 0. The van der Waals surface area contributed by atoms with Crippen LogP contribution >= 0.6 is 0 Å². The highest BCUT2D eigenvalue weighted by Crippen LogP contribution is 2.30. The smallest absolute Gasteiger partial charge is 0.257 e. The van der Waals surface area contributed by atoms with Gasteiger partial charge in [-0.3, -0.25) is 9.69 Å². The van der Waals surface area contributed by atoms with E-state index in [1.165, 1.54) is 18.4 Å². The number of morpholine rings is 1. The van der Waals surface area contributed by atoms with E-state index in [-0.39, 0.29) is 11.9 Å². The van der Waals surface area contributed by atoms with E-state index in [9.17, 15) is 4.79 Å². The number of amides is 1. The van der Waals surface area contributed by atoms with E-state index in [0.717, 1.165) is 31.0 Å². The van der Waals surface area contributed by atoms with Crippen molar-refractivity contribution in [3.63, 3.8) is 0 Å². The molecular weight excluding hydrogens is 352 g/mol. The third-order valence-electron chi connectivity index (χ3n) is 5.67. The number of nitrogens with zero attached hydrogens (tertiary/aromatic N) is 4. The molecule has 0 N–H and O–H groups in total. The van der Waals surface area contributed by atoms with E-state index < -0.39 is 0 Å². The van der Waals surface area contributed by atoms with Crippen LogP contribution in [0, 0.1) is 6.92 Å². The Hall–Kier alpha value is -2.31. The van der Waals surface area contributed by atoms with E-state index in [1.54, 1.807) is 6.20 Å². The normalized spacial score (nSPS) is 20.9. The number of aryl methyl sites for hydroxylation is 1. The molecular formula is C22H28N4O2. The highest BCUT2D eigenvalue weighted by Gasteiger charge is 2.28. The van der Waals surface area contributed by atoms with Crippen molar-refractivity contribution in [3.8, 4) is 0 Å². The first-order valence-electron chi connectivity index (χ1n) is 10.2. The third-order valence-corrected chi connectivity index (χ3v) is 5.67. The maximum Gasteiger partial charge on any atom is 0.257 e. The van der Waals surface area contributed by atoms with Gasteiger partial charge in [-0.05, 0) is 31.9 Å². The lowest BCUT2D eigenvalue weighted by Crippen LogP contribution is -2.41. The van der Waals surface area contributed by atoms with Gasteiger partial charge in [0.05, 0.1) is 30.5 Å². The maximum atomic E-state index is 12.8. The van der Waals surface area contributed by atoms with Gasteiger partial charge in [-0.1, -0.05) is 36.8 Å². The Labute approximate surface area is 166 Å². The second kappa shape index (κ2) is 8.80. The molecule has 1 aromatic heterocycles. The van der Waals surface area contributed by atoms with E-state index in [4.69, 9.17) is 9.72 Å². The molecule has 0 radical (unpaired) electrons. The van der Waals surface area contributed by atoms with Crippen LogP contribution in [0.1, 0.15) is 52.7 Å². The van der Waals surface area contributed by atoms with Crippen molar-refractivity contribution in [1.82, 2.24) is 19.8 Å². The van der Waals surface area contributed by atoms with Gasteiger partial charge in [0.2, 0.25) is 0 Å². The number of likely N-dealkylation sites (tertiary alicyclic amines) is 1. The highest BCUT2D eigenvalue weighted by molar-refractivity contribution is 5.95. The molecule has 3 heterocycles. The molecule has 6 nitrogen and oxygen atoms in total. The molecule has 0 aliphatic carbocycles. The minimum Gasteiger partial charge on any atom is -0.378 e. The second-order valence-corrected chi connectivity index (χ2v) is 7.60. The lowest BCUT2D eigenvalue weighted by molar-refractivity contribution is 0.0301. The minimum atomic E-state index is 0.0112. The number of benzene rings is 1. The molecule has 4 rings (SSSR count). The van der Waals surface area contributed by atoms with Crippen LogP contribution in [-0.4, -0.2) is 58.5 Å². The van der Waals surface area contributed by atoms with Gasteiger partial charge >= 0.3 is 0 Å². The fourth-order valence-corrected chi connectivity index (χ4v) is 4.08. The van der Waals surface area contributed by atoms with Crippen molar-refractivity contribution in [1.29, 1.82) is 0 Å². The first-order chi connectivity index (χ1) is 13.7. The Morgan fingerprint density at radius 3 is 2.68 bits per heavy atom. The molecule has 2 aliphatic heterocycles. The number of aromatic nitrogens is 2. The molecule has 148 valence electrons. The molecule has 0 spiro atoms. The average molecular weight is 380 g/mol. The number of hydrogen-bond donors (Lipinski definition) is 0. The molecule has 1 aromatic carbocycles. The summed E-state index contributed by atoms with van der Waals surface area (Å²) < 4.78 is 5.34. The van der Waals surface area contributed by atoms with Gasteiger partial charge in [0.1, 0.15) is 5.82 Å². The number of carbonyl (C=O) groups is 1. The van der Waals surface area contributed by atoms with Crippen molar-refractivity contribution in [2.75, 3.05) is 32.8 Å². The number of hydrogen-bond acceptors (Lipinski definition) is 5. The number of carbonyl (C=O) groups excluding carboxylic acids is 1. The van der Waals surface area contributed by atoms with Gasteiger partial charge in [-0.15, -0.1) is 0 Å². The van der Waals surface area contributed by atoms with Crippen LogP contribution in [0.25, 0.3) is 0 Å². The predicted molar refractivity (Wildman–Crippen MR) is 107 cm³/mol. The van der Waals surface area contributed by atoms with Crippen LogP contribution in [0.2, 0.25) is 0 Å². The largest absolute Gasteiger partial charge is 0.378 e. The van der Waals surface area contributed by atoms with Gasteiger partial charge in [0.15, 0.2) is 0 Å². The Balaban J connectivity index is 1.52.